The molecule has 0 saturated heterocycles. The van der Waals surface area contributed by atoms with E-state index in [0.29, 0.717) is 13.1 Å². The Morgan fingerprint density at radius 2 is 0.952 bits per heavy atom. The van der Waals surface area contributed by atoms with Crippen molar-refractivity contribution in [1.82, 2.24) is 21.3 Å². The van der Waals surface area contributed by atoms with Gasteiger partial charge in [0.25, 0.3) is 0 Å². The fourth-order valence-electron chi connectivity index (χ4n) is 1.56. The molecule has 0 bridgehead atoms. The molecule has 0 saturated carbocycles. The highest BCUT2D eigenvalue weighted by Gasteiger charge is 1.97. The summed E-state index contributed by atoms with van der Waals surface area (Å²) in [7, 11) is 0. The molecule has 0 radical (unpaired) electrons. The summed E-state index contributed by atoms with van der Waals surface area (Å²) in [5.41, 5.74) is 10.2. The minimum Gasteiger partial charge on any atom is -0.370 e. The standard InChI is InChI=1S/C11H26N10/c12-8(13)20-10(16)18-6-4-2-1-3-5-7-19-11(17)21-9(14)15/h1-7H2,(H6,12,13,16,18,20)(H6,14,15,17,19,21). The van der Waals surface area contributed by atoms with E-state index in [1.165, 1.54) is 0 Å². The van der Waals surface area contributed by atoms with E-state index in [9.17, 15) is 0 Å². The van der Waals surface area contributed by atoms with Crippen LogP contribution in [0.2, 0.25) is 0 Å². The number of nitrogens with two attached hydrogens (primary N) is 2. The van der Waals surface area contributed by atoms with Crippen LogP contribution in [0.3, 0.4) is 0 Å². The van der Waals surface area contributed by atoms with E-state index >= 15 is 0 Å². The average Bonchev–Trinajstić information content (AvgIpc) is 2.34. The zero-order chi connectivity index (χ0) is 16.1. The molecule has 0 unspecified atom stereocenters. The Morgan fingerprint density at radius 3 is 1.29 bits per heavy atom. The van der Waals surface area contributed by atoms with Crippen molar-refractivity contribution in [3.05, 3.63) is 0 Å². The molecule has 0 spiro atoms. The number of hydrogen-bond acceptors (Lipinski definition) is 4. The van der Waals surface area contributed by atoms with Gasteiger partial charge in [0, 0.05) is 13.1 Å². The van der Waals surface area contributed by atoms with Crippen LogP contribution in [-0.2, 0) is 0 Å². The highest BCUT2D eigenvalue weighted by Crippen LogP contribution is 2.01. The molecular weight excluding hydrogens is 272 g/mol. The minimum atomic E-state index is -0.246. The second-order valence-corrected chi connectivity index (χ2v) is 4.45. The zero-order valence-corrected chi connectivity index (χ0v) is 12.1. The van der Waals surface area contributed by atoms with E-state index in [1.54, 1.807) is 0 Å². The molecule has 0 aromatic carbocycles. The van der Waals surface area contributed by atoms with E-state index in [0.717, 1.165) is 32.1 Å². The smallest absolute Gasteiger partial charge is 0.195 e. The van der Waals surface area contributed by atoms with Crippen molar-refractivity contribution < 1.29 is 0 Å². The minimum absolute atomic E-state index is 0.0446. The summed E-state index contributed by atoms with van der Waals surface area (Å²) in [6.45, 7) is 1.34. The van der Waals surface area contributed by atoms with Crippen LogP contribution < -0.4 is 32.7 Å². The first-order chi connectivity index (χ1) is 9.91. The molecular formula is C11H26N10. The Hall–Kier alpha value is -2.52. The van der Waals surface area contributed by atoms with Gasteiger partial charge in [0.1, 0.15) is 0 Å². The van der Waals surface area contributed by atoms with Crippen LogP contribution in [0.4, 0.5) is 0 Å². The fourth-order valence-corrected chi connectivity index (χ4v) is 1.56. The van der Waals surface area contributed by atoms with Crippen LogP contribution in [0.25, 0.3) is 0 Å². The molecule has 0 fully saturated rings. The third kappa shape index (κ3) is 13.7. The first-order valence-corrected chi connectivity index (χ1v) is 6.78. The number of rotatable bonds is 8. The third-order valence-electron chi connectivity index (χ3n) is 2.48. The summed E-state index contributed by atoms with van der Waals surface area (Å²) in [5.74, 6) is -0.402. The van der Waals surface area contributed by atoms with Gasteiger partial charge in [-0.3, -0.25) is 32.3 Å². The van der Waals surface area contributed by atoms with Gasteiger partial charge < -0.3 is 22.1 Å². The van der Waals surface area contributed by atoms with Crippen LogP contribution in [0.5, 0.6) is 0 Å². The van der Waals surface area contributed by atoms with Gasteiger partial charge in [0.2, 0.25) is 0 Å². The number of nitrogens with one attached hydrogen (secondary N) is 8. The Labute approximate surface area is 124 Å². The van der Waals surface area contributed by atoms with E-state index in [4.69, 9.17) is 33.1 Å². The molecule has 12 N–H and O–H groups in total. The largest absolute Gasteiger partial charge is 0.370 e. The highest BCUT2D eigenvalue weighted by atomic mass is 15.2. The maximum atomic E-state index is 7.38. The highest BCUT2D eigenvalue weighted by molar-refractivity contribution is 5.95. The zero-order valence-electron chi connectivity index (χ0n) is 12.1. The van der Waals surface area contributed by atoms with Gasteiger partial charge in [-0.1, -0.05) is 19.3 Å². The van der Waals surface area contributed by atoms with Crippen LogP contribution in [0, 0.1) is 21.6 Å². The van der Waals surface area contributed by atoms with Gasteiger partial charge in [-0.05, 0) is 12.8 Å². The summed E-state index contributed by atoms with van der Waals surface area (Å²) in [5, 5.41) is 39.0. The van der Waals surface area contributed by atoms with Crippen molar-refractivity contribution >= 4 is 23.8 Å². The molecule has 0 aliphatic rings. The normalized spacial score (nSPS) is 9.52. The molecule has 21 heavy (non-hydrogen) atoms. The Bertz CT molecular complexity index is 330. The van der Waals surface area contributed by atoms with Crippen molar-refractivity contribution in [2.75, 3.05) is 13.1 Å². The van der Waals surface area contributed by atoms with Gasteiger partial charge >= 0.3 is 0 Å². The SMILES string of the molecule is N=C(N)NC(=N)NCCCCCCCNC(=N)NC(=N)N. The van der Waals surface area contributed by atoms with Gasteiger partial charge in [-0.15, -0.1) is 0 Å². The molecule has 0 aliphatic carbocycles. The van der Waals surface area contributed by atoms with Crippen LogP contribution in [0.1, 0.15) is 32.1 Å². The third-order valence-corrected chi connectivity index (χ3v) is 2.48. The van der Waals surface area contributed by atoms with Crippen LogP contribution in [-0.4, -0.2) is 36.9 Å². The summed E-state index contributed by atoms with van der Waals surface area (Å²) >= 11 is 0. The summed E-state index contributed by atoms with van der Waals surface area (Å²) in [6.07, 6.45) is 5.05. The molecule has 10 heteroatoms. The van der Waals surface area contributed by atoms with E-state index in [1.807, 2.05) is 0 Å². The second kappa shape index (κ2) is 11.3. The quantitative estimate of drug-likeness (QED) is 0.154. The topological polar surface area (TPSA) is 196 Å². The fraction of sp³-hybridized carbons (Fsp3) is 0.636. The van der Waals surface area contributed by atoms with Crippen molar-refractivity contribution in [3.8, 4) is 0 Å². The van der Waals surface area contributed by atoms with Gasteiger partial charge in [-0.2, -0.15) is 0 Å². The lowest BCUT2D eigenvalue weighted by Gasteiger charge is -2.09. The molecule has 0 atom stereocenters. The summed E-state index contributed by atoms with van der Waals surface area (Å²) in [6, 6.07) is 0. The Kier molecular flexibility index (Phi) is 9.96. The lowest BCUT2D eigenvalue weighted by Crippen LogP contribution is -2.43. The maximum Gasteiger partial charge on any atom is 0.195 e. The van der Waals surface area contributed by atoms with Crippen LogP contribution >= 0.6 is 0 Å². The van der Waals surface area contributed by atoms with E-state index < -0.39 is 0 Å². The molecule has 0 aromatic rings. The molecule has 0 aliphatic heterocycles. The maximum absolute atomic E-state index is 7.38. The monoisotopic (exact) mass is 298 g/mol. The van der Waals surface area contributed by atoms with Crippen molar-refractivity contribution in [1.29, 1.82) is 21.6 Å². The molecule has 120 valence electrons. The molecule has 0 aromatic heterocycles. The van der Waals surface area contributed by atoms with Gasteiger partial charge in [0.05, 0.1) is 0 Å². The number of unbranched alkanes of at least 4 members (excludes halogenated alkanes) is 4. The van der Waals surface area contributed by atoms with Crippen molar-refractivity contribution in [2.24, 2.45) is 11.5 Å². The molecule has 0 amide bonds. The van der Waals surface area contributed by atoms with Gasteiger partial charge in [-0.25, -0.2) is 0 Å². The second-order valence-electron chi connectivity index (χ2n) is 4.45. The van der Waals surface area contributed by atoms with Gasteiger partial charge in [0.15, 0.2) is 23.8 Å². The number of hydrogen-bond donors (Lipinski definition) is 10. The molecule has 0 rings (SSSR count). The molecule has 0 heterocycles. The van der Waals surface area contributed by atoms with E-state index in [2.05, 4.69) is 21.3 Å². The van der Waals surface area contributed by atoms with E-state index in [-0.39, 0.29) is 23.8 Å². The molecule has 10 nitrogen and oxygen atoms in total. The predicted octanol–water partition coefficient (Wildman–Crippen LogP) is -1.05. The first-order valence-electron chi connectivity index (χ1n) is 6.78. The van der Waals surface area contributed by atoms with Crippen molar-refractivity contribution in [2.45, 2.75) is 32.1 Å². The number of guanidine groups is 4. The predicted molar refractivity (Wildman–Crippen MR) is 84.6 cm³/mol. The van der Waals surface area contributed by atoms with Crippen LogP contribution in [0.15, 0.2) is 0 Å². The summed E-state index contributed by atoms with van der Waals surface area (Å²) in [4.78, 5) is 0. The lowest BCUT2D eigenvalue weighted by atomic mass is 10.1. The lowest BCUT2D eigenvalue weighted by molar-refractivity contribution is 0.599. The Balaban J connectivity index is 3.30. The van der Waals surface area contributed by atoms with Crippen molar-refractivity contribution in [3.63, 3.8) is 0 Å². The summed E-state index contributed by atoms with van der Waals surface area (Å²) < 4.78 is 0. The average molecular weight is 298 g/mol. The Morgan fingerprint density at radius 1 is 0.619 bits per heavy atom. The first kappa shape index (κ1) is 18.5.